The van der Waals surface area contributed by atoms with Crippen LogP contribution >= 0.6 is 0 Å². The fourth-order valence-corrected chi connectivity index (χ4v) is 4.25. The number of pyridine rings is 1. The number of rotatable bonds is 5. The average molecular weight is 378 g/mol. The Morgan fingerprint density at radius 2 is 1.89 bits per heavy atom. The van der Waals surface area contributed by atoms with Crippen LogP contribution in [0.4, 0.5) is 10.1 Å². The van der Waals surface area contributed by atoms with Crippen LogP contribution < -0.4 is 5.32 Å². The monoisotopic (exact) mass is 378 g/mol. The molecular formula is C23H23FN2O2. The van der Waals surface area contributed by atoms with Crippen LogP contribution in [-0.2, 0) is 0 Å². The third-order valence-corrected chi connectivity index (χ3v) is 5.59. The number of halogens is 1. The fraction of sp³-hybridized carbons (Fsp3) is 0.304. The highest BCUT2D eigenvalue weighted by Crippen LogP contribution is 2.51. The zero-order valence-corrected chi connectivity index (χ0v) is 15.9. The van der Waals surface area contributed by atoms with Gasteiger partial charge in [0.25, 0.3) is 0 Å². The molecule has 0 bridgehead atoms. The lowest BCUT2D eigenvalue weighted by Crippen LogP contribution is -2.38. The molecule has 0 saturated heterocycles. The molecule has 1 heterocycles. The Morgan fingerprint density at radius 3 is 2.54 bits per heavy atom. The molecule has 1 aliphatic carbocycles. The van der Waals surface area contributed by atoms with Gasteiger partial charge in [0.1, 0.15) is 5.82 Å². The Kier molecular flexibility index (Phi) is 4.53. The number of anilines is 1. The van der Waals surface area contributed by atoms with Crippen LogP contribution in [0, 0.1) is 17.2 Å². The number of fused-ring (bicyclic) bond motifs is 1. The number of benzene rings is 2. The molecule has 0 aliphatic heterocycles. The van der Waals surface area contributed by atoms with Gasteiger partial charge in [-0.1, -0.05) is 26.0 Å². The molecule has 2 aromatic carbocycles. The van der Waals surface area contributed by atoms with E-state index in [1.54, 1.807) is 24.4 Å². The summed E-state index contributed by atoms with van der Waals surface area (Å²) < 4.78 is 13.4. The first-order valence-corrected chi connectivity index (χ1v) is 9.46. The normalized spacial score (nSPS) is 17.1. The van der Waals surface area contributed by atoms with Crippen LogP contribution in [0.2, 0.25) is 0 Å². The number of carboxylic acid groups (broad SMARTS) is 1. The maximum atomic E-state index is 13.4. The molecular weight excluding hydrogens is 355 g/mol. The van der Waals surface area contributed by atoms with Crippen molar-refractivity contribution in [1.82, 2.24) is 4.98 Å². The van der Waals surface area contributed by atoms with Crippen molar-refractivity contribution in [2.45, 2.75) is 32.7 Å². The molecule has 1 unspecified atom stereocenters. The van der Waals surface area contributed by atoms with E-state index in [9.17, 15) is 9.18 Å². The largest absolute Gasteiger partial charge is 0.478 e. The first kappa shape index (κ1) is 18.4. The average Bonchev–Trinajstić information content (AvgIpc) is 2.64. The van der Waals surface area contributed by atoms with Crippen LogP contribution in [0.15, 0.2) is 54.7 Å². The number of hydrogen-bond acceptors (Lipinski definition) is 3. The van der Waals surface area contributed by atoms with Crippen molar-refractivity contribution in [3.05, 3.63) is 71.7 Å². The van der Waals surface area contributed by atoms with Gasteiger partial charge in [0.15, 0.2) is 0 Å². The topological polar surface area (TPSA) is 62.2 Å². The SMILES string of the molecule is CC1(C)CC(C(Nc2cnc3cc(F)ccc3c2)c2ccc(C(=O)O)cc2)C1. The lowest BCUT2D eigenvalue weighted by molar-refractivity contribution is 0.0697. The number of hydrogen-bond donors (Lipinski definition) is 2. The number of aromatic nitrogens is 1. The smallest absolute Gasteiger partial charge is 0.335 e. The molecule has 28 heavy (non-hydrogen) atoms. The van der Waals surface area contributed by atoms with Crippen molar-refractivity contribution in [1.29, 1.82) is 0 Å². The zero-order valence-electron chi connectivity index (χ0n) is 15.9. The summed E-state index contributed by atoms with van der Waals surface area (Å²) in [6, 6.07) is 13.7. The van der Waals surface area contributed by atoms with Crippen molar-refractivity contribution in [2.75, 3.05) is 5.32 Å². The van der Waals surface area contributed by atoms with Gasteiger partial charge in [-0.2, -0.15) is 0 Å². The van der Waals surface area contributed by atoms with Crippen LogP contribution in [0.25, 0.3) is 10.9 Å². The van der Waals surface area contributed by atoms with Gasteiger partial charge in [-0.25, -0.2) is 9.18 Å². The van der Waals surface area contributed by atoms with Crippen molar-refractivity contribution >= 4 is 22.6 Å². The molecule has 0 amide bonds. The highest BCUT2D eigenvalue weighted by Gasteiger charge is 2.41. The molecule has 4 rings (SSSR count). The zero-order chi connectivity index (χ0) is 19.9. The number of nitrogens with zero attached hydrogens (tertiary/aromatic N) is 1. The summed E-state index contributed by atoms with van der Waals surface area (Å²) in [7, 11) is 0. The summed E-state index contributed by atoms with van der Waals surface area (Å²) in [5, 5.41) is 13.6. The van der Waals surface area contributed by atoms with Gasteiger partial charge in [-0.15, -0.1) is 0 Å². The second kappa shape index (κ2) is 6.89. The maximum Gasteiger partial charge on any atom is 0.335 e. The van der Waals surface area contributed by atoms with E-state index in [-0.39, 0.29) is 17.4 Å². The van der Waals surface area contributed by atoms with Gasteiger partial charge < -0.3 is 10.4 Å². The lowest BCUT2D eigenvalue weighted by Gasteiger charge is -2.47. The minimum Gasteiger partial charge on any atom is -0.478 e. The van der Waals surface area contributed by atoms with E-state index in [1.807, 2.05) is 18.2 Å². The molecule has 0 spiro atoms. The van der Waals surface area contributed by atoms with Gasteiger partial charge >= 0.3 is 5.97 Å². The Bertz CT molecular complexity index is 1020. The van der Waals surface area contributed by atoms with Crippen molar-refractivity contribution in [3.63, 3.8) is 0 Å². The molecule has 1 atom stereocenters. The molecule has 0 radical (unpaired) electrons. The minimum atomic E-state index is -0.924. The Balaban J connectivity index is 1.64. The molecule has 1 saturated carbocycles. The second-order valence-electron chi connectivity index (χ2n) is 8.44. The maximum absolute atomic E-state index is 13.4. The van der Waals surface area contributed by atoms with E-state index < -0.39 is 5.97 Å². The predicted molar refractivity (Wildman–Crippen MR) is 108 cm³/mol. The second-order valence-corrected chi connectivity index (χ2v) is 8.44. The van der Waals surface area contributed by atoms with Gasteiger partial charge in [-0.05, 0) is 60.1 Å². The van der Waals surface area contributed by atoms with Crippen molar-refractivity contribution in [3.8, 4) is 0 Å². The molecule has 1 aromatic heterocycles. The van der Waals surface area contributed by atoms with E-state index in [2.05, 4.69) is 24.1 Å². The van der Waals surface area contributed by atoms with Crippen LogP contribution in [-0.4, -0.2) is 16.1 Å². The number of aromatic carboxylic acids is 1. The summed E-state index contributed by atoms with van der Waals surface area (Å²) in [4.78, 5) is 15.5. The first-order chi connectivity index (χ1) is 13.3. The van der Waals surface area contributed by atoms with E-state index in [1.165, 1.54) is 12.1 Å². The predicted octanol–water partition coefficient (Wildman–Crippen LogP) is 5.66. The Morgan fingerprint density at radius 1 is 1.18 bits per heavy atom. The summed E-state index contributed by atoms with van der Waals surface area (Å²) >= 11 is 0. The third kappa shape index (κ3) is 3.70. The van der Waals surface area contributed by atoms with Gasteiger partial charge in [-0.3, -0.25) is 4.98 Å². The van der Waals surface area contributed by atoms with E-state index in [0.717, 1.165) is 29.5 Å². The quantitative estimate of drug-likeness (QED) is 0.601. The third-order valence-electron chi connectivity index (χ3n) is 5.59. The van der Waals surface area contributed by atoms with Gasteiger partial charge in [0.2, 0.25) is 0 Å². The summed E-state index contributed by atoms with van der Waals surface area (Å²) in [5.41, 5.74) is 3.16. The number of nitrogens with one attached hydrogen (secondary N) is 1. The molecule has 1 aliphatic rings. The fourth-order valence-electron chi connectivity index (χ4n) is 4.25. The summed E-state index contributed by atoms with van der Waals surface area (Å²) in [6.45, 7) is 4.53. The van der Waals surface area contributed by atoms with E-state index in [0.29, 0.717) is 16.8 Å². The standard InChI is InChI=1S/C23H23FN2O2/c1-23(2)11-17(12-23)21(14-3-5-15(6-4-14)22(27)28)26-19-9-16-7-8-18(24)10-20(16)25-13-19/h3-10,13,17,21,26H,11-12H2,1-2H3,(H,27,28). The summed E-state index contributed by atoms with van der Waals surface area (Å²) in [6.07, 6.45) is 3.92. The first-order valence-electron chi connectivity index (χ1n) is 9.46. The summed E-state index contributed by atoms with van der Waals surface area (Å²) in [5.74, 6) is -0.768. The molecule has 5 heteroatoms. The minimum absolute atomic E-state index is 0.0653. The molecule has 2 N–H and O–H groups in total. The van der Waals surface area contributed by atoms with Crippen LogP contribution in [0.5, 0.6) is 0 Å². The van der Waals surface area contributed by atoms with Crippen molar-refractivity contribution < 1.29 is 14.3 Å². The highest BCUT2D eigenvalue weighted by molar-refractivity contribution is 5.87. The molecule has 4 nitrogen and oxygen atoms in total. The lowest BCUT2D eigenvalue weighted by atomic mass is 9.61. The Hall–Kier alpha value is -2.95. The number of carboxylic acids is 1. The van der Waals surface area contributed by atoms with Crippen LogP contribution in [0.1, 0.15) is 48.7 Å². The highest BCUT2D eigenvalue weighted by atomic mass is 19.1. The number of carbonyl (C=O) groups is 1. The molecule has 3 aromatic rings. The van der Waals surface area contributed by atoms with Gasteiger partial charge in [0, 0.05) is 11.5 Å². The van der Waals surface area contributed by atoms with Crippen molar-refractivity contribution in [2.24, 2.45) is 11.3 Å². The molecule has 144 valence electrons. The molecule has 1 fully saturated rings. The Labute approximate surface area is 163 Å². The van der Waals surface area contributed by atoms with Gasteiger partial charge in [0.05, 0.1) is 29.0 Å². The van der Waals surface area contributed by atoms with Crippen LogP contribution in [0.3, 0.4) is 0 Å². The van der Waals surface area contributed by atoms with E-state index >= 15 is 0 Å². The van der Waals surface area contributed by atoms with E-state index in [4.69, 9.17) is 5.11 Å².